The van der Waals surface area contributed by atoms with Crippen LogP contribution in [-0.2, 0) is 17.0 Å². The molecule has 0 saturated carbocycles. The van der Waals surface area contributed by atoms with Gasteiger partial charge in [0.15, 0.2) is 0 Å². The molecule has 0 amide bonds. The predicted octanol–water partition coefficient (Wildman–Crippen LogP) is 2.58. The molecular weight excluding hydrogens is 311 g/mol. The number of rotatable bonds is 6. The van der Waals surface area contributed by atoms with Crippen LogP contribution in [0, 0.1) is 10.1 Å². The van der Waals surface area contributed by atoms with E-state index in [1.54, 1.807) is 6.92 Å². The average Bonchev–Trinajstić information content (AvgIpc) is 2.34. The van der Waals surface area contributed by atoms with Gasteiger partial charge in [-0.2, -0.15) is 13.2 Å². The summed E-state index contributed by atoms with van der Waals surface area (Å²) in [5.74, 6) is 0.346. The van der Waals surface area contributed by atoms with Crippen LogP contribution >= 0.6 is 0 Å². The molecule has 0 aliphatic rings. The number of hydrogen-bond donors (Lipinski definition) is 1. The normalized spacial score (nSPS) is 14.5. The zero-order valence-electron chi connectivity index (χ0n) is 11.3. The van der Waals surface area contributed by atoms with Gasteiger partial charge in [0.1, 0.15) is 17.6 Å². The highest BCUT2D eigenvalue weighted by atomic mass is 32.2. The minimum absolute atomic E-state index is 0.253. The van der Waals surface area contributed by atoms with Crippen molar-refractivity contribution in [3.8, 4) is 0 Å². The van der Waals surface area contributed by atoms with Gasteiger partial charge in [0, 0.05) is 28.9 Å². The van der Waals surface area contributed by atoms with E-state index >= 15 is 0 Å². The molecule has 6 nitrogen and oxygen atoms in total. The van der Waals surface area contributed by atoms with Crippen molar-refractivity contribution in [2.75, 3.05) is 17.3 Å². The van der Waals surface area contributed by atoms with Crippen LogP contribution < -0.4 is 5.32 Å². The molecule has 0 aromatic carbocycles. The molecule has 0 spiro atoms. The van der Waals surface area contributed by atoms with Crippen LogP contribution in [-0.4, -0.2) is 32.2 Å². The Morgan fingerprint density at radius 3 is 2.62 bits per heavy atom. The zero-order chi connectivity index (χ0) is 16.2. The van der Waals surface area contributed by atoms with E-state index in [9.17, 15) is 27.5 Å². The first-order valence-electron chi connectivity index (χ1n) is 5.89. The Kier molecular flexibility index (Phi) is 5.64. The van der Waals surface area contributed by atoms with Crippen molar-refractivity contribution in [2.45, 2.75) is 25.6 Å². The fourth-order valence-corrected chi connectivity index (χ4v) is 2.23. The molecule has 0 saturated heterocycles. The van der Waals surface area contributed by atoms with Crippen LogP contribution in [0.5, 0.6) is 0 Å². The second kappa shape index (κ2) is 6.83. The van der Waals surface area contributed by atoms with Crippen molar-refractivity contribution in [2.24, 2.45) is 0 Å². The van der Waals surface area contributed by atoms with E-state index in [0.29, 0.717) is 24.4 Å². The zero-order valence-corrected chi connectivity index (χ0v) is 12.1. The quantitative estimate of drug-likeness (QED) is 0.642. The fraction of sp³-hybridized carbons (Fsp3) is 0.545. The van der Waals surface area contributed by atoms with E-state index < -0.39 is 33.3 Å². The molecule has 1 aromatic heterocycles. The highest BCUT2D eigenvalue weighted by molar-refractivity contribution is 7.84. The Morgan fingerprint density at radius 2 is 2.14 bits per heavy atom. The van der Waals surface area contributed by atoms with Gasteiger partial charge < -0.3 is 5.32 Å². The lowest BCUT2D eigenvalue weighted by atomic mass is 10.2. The fourth-order valence-electron chi connectivity index (χ4n) is 1.54. The first-order chi connectivity index (χ1) is 9.61. The SMILES string of the molecule is CC(CCS(C)=O)Nc1cc(C(F)(F)F)ncc1[N+](=O)[O-]. The van der Waals surface area contributed by atoms with Crippen LogP contribution in [0.4, 0.5) is 24.5 Å². The number of pyridine rings is 1. The molecule has 1 heterocycles. The maximum atomic E-state index is 12.6. The first kappa shape index (κ1) is 17.3. The molecule has 10 heteroatoms. The first-order valence-corrected chi connectivity index (χ1v) is 7.62. The number of nitrogens with zero attached hydrogens (tertiary/aromatic N) is 2. The summed E-state index contributed by atoms with van der Waals surface area (Å²) in [6.07, 6.45) is -2.19. The van der Waals surface area contributed by atoms with Gasteiger partial charge in [-0.3, -0.25) is 14.3 Å². The van der Waals surface area contributed by atoms with Crippen LogP contribution in [0.3, 0.4) is 0 Å². The van der Waals surface area contributed by atoms with Crippen molar-refractivity contribution in [3.05, 3.63) is 28.1 Å². The highest BCUT2D eigenvalue weighted by Gasteiger charge is 2.34. The molecule has 0 bridgehead atoms. The van der Waals surface area contributed by atoms with E-state index in [-0.39, 0.29) is 11.7 Å². The van der Waals surface area contributed by atoms with Crippen molar-refractivity contribution >= 4 is 22.2 Å². The van der Waals surface area contributed by atoms with E-state index in [1.807, 2.05) is 0 Å². The maximum Gasteiger partial charge on any atom is 0.433 e. The summed E-state index contributed by atoms with van der Waals surface area (Å²) < 4.78 is 48.8. The van der Waals surface area contributed by atoms with Gasteiger partial charge in [-0.05, 0) is 19.4 Å². The lowest BCUT2D eigenvalue weighted by Gasteiger charge is -2.15. The molecule has 2 atom stereocenters. The summed E-state index contributed by atoms with van der Waals surface area (Å²) in [6, 6.07) is 0.244. The van der Waals surface area contributed by atoms with E-state index in [0.717, 1.165) is 0 Å². The van der Waals surface area contributed by atoms with Gasteiger partial charge in [0.2, 0.25) is 0 Å². The van der Waals surface area contributed by atoms with Crippen LogP contribution in [0.2, 0.25) is 0 Å². The monoisotopic (exact) mass is 325 g/mol. The minimum atomic E-state index is -4.68. The molecule has 0 radical (unpaired) electrons. The molecule has 21 heavy (non-hydrogen) atoms. The number of nitro groups is 1. The largest absolute Gasteiger partial charge is 0.433 e. The Morgan fingerprint density at radius 1 is 1.52 bits per heavy atom. The Hall–Kier alpha value is -1.71. The highest BCUT2D eigenvalue weighted by Crippen LogP contribution is 2.33. The van der Waals surface area contributed by atoms with Gasteiger partial charge in [0.25, 0.3) is 0 Å². The van der Waals surface area contributed by atoms with Crippen LogP contribution in [0.1, 0.15) is 19.0 Å². The molecule has 0 fully saturated rings. The summed E-state index contributed by atoms with van der Waals surface area (Å²) in [5.41, 5.74) is -1.99. The van der Waals surface area contributed by atoms with Gasteiger partial charge >= 0.3 is 11.9 Å². The number of alkyl halides is 3. The second-order valence-corrected chi connectivity index (χ2v) is 6.01. The van der Waals surface area contributed by atoms with Gasteiger partial charge in [-0.25, -0.2) is 4.98 Å². The maximum absolute atomic E-state index is 12.6. The van der Waals surface area contributed by atoms with E-state index in [1.165, 1.54) is 6.26 Å². The number of anilines is 1. The molecular formula is C11H14F3N3O3S. The van der Waals surface area contributed by atoms with Crippen molar-refractivity contribution in [1.29, 1.82) is 0 Å². The summed E-state index contributed by atoms with van der Waals surface area (Å²) >= 11 is 0. The third-order valence-electron chi connectivity index (χ3n) is 2.61. The number of hydrogen-bond acceptors (Lipinski definition) is 5. The number of nitrogens with one attached hydrogen (secondary N) is 1. The van der Waals surface area contributed by atoms with E-state index in [2.05, 4.69) is 10.3 Å². The third kappa shape index (κ3) is 5.29. The molecule has 1 N–H and O–H groups in total. The molecule has 1 rings (SSSR count). The van der Waals surface area contributed by atoms with Gasteiger partial charge in [-0.15, -0.1) is 0 Å². The van der Waals surface area contributed by atoms with Crippen LogP contribution in [0.15, 0.2) is 12.3 Å². The topological polar surface area (TPSA) is 85.1 Å². The lowest BCUT2D eigenvalue weighted by Crippen LogP contribution is -2.19. The Balaban J connectivity index is 3.01. The van der Waals surface area contributed by atoms with Crippen molar-refractivity contribution in [3.63, 3.8) is 0 Å². The van der Waals surface area contributed by atoms with Crippen molar-refractivity contribution < 1.29 is 22.3 Å². The predicted molar refractivity (Wildman–Crippen MR) is 72.5 cm³/mol. The molecule has 0 aliphatic heterocycles. The Bertz CT molecular complexity index is 551. The summed E-state index contributed by atoms with van der Waals surface area (Å²) in [7, 11) is -1.04. The number of aromatic nitrogens is 1. The van der Waals surface area contributed by atoms with Crippen LogP contribution in [0.25, 0.3) is 0 Å². The molecule has 0 aliphatic carbocycles. The number of halogens is 3. The third-order valence-corrected chi connectivity index (χ3v) is 3.42. The minimum Gasteiger partial charge on any atom is -0.377 e. The summed E-state index contributed by atoms with van der Waals surface area (Å²) in [6.45, 7) is 1.64. The van der Waals surface area contributed by atoms with Gasteiger partial charge in [-0.1, -0.05) is 0 Å². The summed E-state index contributed by atoms with van der Waals surface area (Å²) in [4.78, 5) is 13.1. The molecule has 118 valence electrons. The lowest BCUT2D eigenvalue weighted by molar-refractivity contribution is -0.384. The second-order valence-electron chi connectivity index (χ2n) is 4.45. The summed E-state index contributed by atoms with van der Waals surface area (Å²) in [5, 5.41) is 13.5. The Labute approximate surface area is 121 Å². The van der Waals surface area contributed by atoms with Crippen molar-refractivity contribution in [1.82, 2.24) is 4.98 Å². The average molecular weight is 325 g/mol. The standard InChI is InChI=1S/C11H14F3N3O3S/c1-7(3-4-21(2)20)16-8-5-10(11(12,13)14)15-6-9(8)17(18)19/h5-7H,3-4H2,1-2H3,(H,15,16). The smallest absolute Gasteiger partial charge is 0.377 e. The molecule has 1 aromatic rings. The van der Waals surface area contributed by atoms with Gasteiger partial charge in [0.05, 0.1) is 4.92 Å². The van der Waals surface area contributed by atoms with E-state index in [4.69, 9.17) is 0 Å². The molecule has 2 unspecified atom stereocenters.